The molecular formula is C12H15Cl2O. The zero-order valence-corrected chi connectivity index (χ0v) is 10.6. The number of benzene rings is 1. The highest BCUT2D eigenvalue weighted by Crippen LogP contribution is 2.37. The van der Waals surface area contributed by atoms with Crippen LogP contribution in [0.25, 0.3) is 0 Å². The first-order chi connectivity index (χ1) is 6.81. The van der Waals surface area contributed by atoms with Crippen molar-refractivity contribution in [2.24, 2.45) is 0 Å². The number of rotatable bonds is 3. The van der Waals surface area contributed by atoms with Gasteiger partial charge in [-0.1, -0.05) is 53.5 Å². The van der Waals surface area contributed by atoms with Gasteiger partial charge in [-0.15, -0.1) is 0 Å². The van der Waals surface area contributed by atoms with Crippen LogP contribution in [-0.2, 0) is 9.07 Å². The summed E-state index contributed by atoms with van der Waals surface area (Å²) in [6, 6.07) is 9.42. The minimum absolute atomic E-state index is 0.288. The molecule has 0 aromatic heterocycles. The van der Waals surface area contributed by atoms with Gasteiger partial charge in [0.05, 0.1) is 5.60 Å². The van der Waals surface area contributed by atoms with Gasteiger partial charge in [-0.25, -0.2) is 0 Å². The Balaban J connectivity index is 2.68. The van der Waals surface area contributed by atoms with Crippen LogP contribution in [0, 0.1) is 6.61 Å². The van der Waals surface area contributed by atoms with Crippen LogP contribution in [0.3, 0.4) is 0 Å². The van der Waals surface area contributed by atoms with Crippen molar-refractivity contribution < 1.29 is 4.74 Å². The molecule has 0 unspecified atom stereocenters. The first-order valence-corrected chi connectivity index (χ1v) is 5.52. The molecular weight excluding hydrogens is 231 g/mol. The number of alkyl halides is 2. The zero-order valence-electron chi connectivity index (χ0n) is 9.13. The molecule has 0 atom stereocenters. The lowest BCUT2D eigenvalue weighted by Gasteiger charge is -2.25. The van der Waals surface area contributed by atoms with E-state index < -0.39 is 4.33 Å². The molecule has 0 heterocycles. The molecule has 0 spiro atoms. The molecule has 0 amide bonds. The third kappa shape index (κ3) is 4.42. The summed E-state index contributed by atoms with van der Waals surface area (Å²) in [4.78, 5) is 0. The summed E-state index contributed by atoms with van der Waals surface area (Å²) in [5.74, 6) is 0. The van der Waals surface area contributed by atoms with Crippen molar-refractivity contribution in [3.63, 3.8) is 0 Å². The Labute approximate surface area is 101 Å². The molecule has 0 aliphatic rings. The summed E-state index contributed by atoms with van der Waals surface area (Å²) in [5, 5.41) is 0. The number of hydrogen-bond donors (Lipinski definition) is 0. The second-order valence-corrected chi connectivity index (χ2v) is 5.72. The van der Waals surface area contributed by atoms with Crippen LogP contribution in [0.5, 0.6) is 0 Å². The first-order valence-electron chi connectivity index (χ1n) is 4.77. The fourth-order valence-corrected chi connectivity index (χ4v) is 1.32. The number of halogens is 2. The van der Waals surface area contributed by atoms with Crippen LogP contribution in [0.15, 0.2) is 30.3 Å². The van der Waals surface area contributed by atoms with Gasteiger partial charge < -0.3 is 4.74 Å². The van der Waals surface area contributed by atoms with Crippen LogP contribution in [0.4, 0.5) is 0 Å². The van der Waals surface area contributed by atoms with Crippen molar-refractivity contribution in [3.05, 3.63) is 42.5 Å². The monoisotopic (exact) mass is 245 g/mol. The van der Waals surface area contributed by atoms with E-state index in [1.54, 1.807) is 0 Å². The van der Waals surface area contributed by atoms with E-state index >= 15 is 0 Å². The average molecular weight is 246 g/mol. The van der Waals surface area contributed by atoms with E-state index in [1.807, 2.05) is 51.1 Å². The smallest absolute Gasteiger partial charge is 0.171 e. The fourth-order valence-electron chi connectivity index (χ4n) is 0.979. The topological polar surface area (TPSA) is 9.23 Å². The predicted octanol–water partition coefficient (Wildman–Crippen LogP) is 4.29. The van der Waals surface area contributed by atoms with Crippen molar-refractivity contribution in [2.45, 2.75) is 30.7 Å². The SMILES string of the molecule is CC(C)(C)O[CH]C(Cl)(Cl)c1ccccc1. The van der Waals surface area contributed by atoms with Gasteiger partial charge in [-0.3, -0.25) is 0 Å². The molecule has 3 heteroatoms. The Hall–Kier alpha value is -0.240. The van der Waals surface area contributed by atoms with Gasteiger partial charge in [0.2, 0.25) is 0 Å². The summed E-state index contributed by atoms with van der Waals surface area (Å²) >= 11 is 12.3. The van der Waals surface area contributed by atoms with Gasteiger partial charge in [-0.05, 0) is 26.3 Å². The van der Waals surface area contributed by atoms with E-state index in [1.165, 1.54) is 6.61 Å². The Morgan fingerprint density at radius 2 is 1.60 bits per heavy atom. The van der Waals surface area contributed by atoms with E-state index in [-0.39, 0.29) is 5.60 Å². The van der Waals surface area contributed by atoms with Gasteiger partial charge in [0, 0.05) is 0 Å². The summed E-state index contributed by atoms with van der Waals surface area (Å²) in [5.41, 5.74) is 0.515. The van der Waals surface area contributed by atoms with E-state index in [2.05, 4.69) is 0 Å². The normalized spacial score (nSPS) is 12.9. The van der Waals surface area contributed by atoms with Crippen LogP contribution >= 0.6 is 23.2 Å². The predicted molar refractivity (Wildman–Crippen MR) is 65.0 cm³/mol. The van der Waals surface area contributed by atoms with Gasteiger partial charge in [0.1, 0.15) is 6.61 Å². The van der Waals surface area contributed by atoms with E-state index in [4.69, 9.17) is 27.9 Å². The molecule has 0 aliphatic carbocycles. The Kier molecular flexibility index (Phi) is 4.05. The molecule has 0 bridgehead atoms. The lowest BCUT2D eigenvalue weighted by Crippen LogP contribution is -2.23. The lowest BCUT2D eigenvalue weighted by molar-refractivity contribution is 0.0364. The molecule has 0 saturated carbocycles. The quantitative estimate of drug-likeness (QED) is 0.722. The minimum Gasteiger partial charge on any atom is -0.366 e. The van der Waals surface area contributed by atoms with Crippen molar-refractivity contribution >= 4 is 23.2 Å². The van der Waals surface area contributed by atoms with Crippen LogP contribution in [0.1, 0.15) is 26.3 Å². The van der Waals surface area contributed by atoms with Gasteiger partial charge in [0.25, 0.3) is 0 Å². The van der Waals surface area contributed by atoms with E-state index in [0.717, 1.165) is 5.56 Å². The first kappa shape index (κ1) is 12.8. The van der Waals surface area contributed by atoms with Crippen molar-refractivity contribution in [1.29, 1.82) is 0 Å². The molecule has 0 saturated heterocycles. The molecule has 0 fully saturated rings. The minimum atomic E-state index is -1.10. The van der Waals surface area contributed by atoms with Crippen molar-refractivity contribution in [2.75, 3.05) is 0 Å². The maximum absolute atomic E-state index is 6.15. The van der Waals surface area contributed by atoms with Crippen molar-refractivity contribution in [3.8, 4) is 0 Å². The molecule has 0 aliphatic heterocycles. The average Bonchev–Trinajstić information content (AvgIpc) is 2.16. The number of hydrogen-bond acceptors (Lipinski definition) is 1. The second-order valence-electron chi connectivity index (χ2n) is 4.34. The summed E-state index contributed by atoms with van der Waals surface area (Å²) in [6.07, 6.45) is 0. The molecule has 15 heavy (non-hydrogen) atoms. The summed E-state index contributed by atoms with van der Waals surface area (Å²) in [6.45, 7) is 7.29. The van der Waals surface area contributed by atoms with Gasteiger partial charge >= 0.3 is 0 Å². The van der Waals surface area contributed by atoms with Gasteiger partial charge in [0.15, 0.2) is 4.33 Å². The van der Waals surface area contributed by atoms with Crippen LogP contribution in [-0.4, -0.2) is 5.60 Å². The highest BCUT2D eigenvalue weighted by molar-refractivity contribution is 6.48. The third-order valence-corrected chi connectivity index (χ3v) is 2.33. The van der Waals surface area contributed by atoms with Gasteiger partial charge in [-0.2, -0.15) is 0 Å². The Bertz CT molecular complexity index is 301. The van der Waals surface area contributed by atoms with Crippen molar-refractivity contribution in [1.82, 2.24) is 0 Å². The Morgan fingerprint density at radius 3 is 2.07 bits per heavy atom. The molecule has 1 aromatic carbocycles. The third-order valence-electron chi connectivity index (χ3n) is 1.72. The second kappa shape index (κ2) is 4.73. The Morgan fingerprint density at radius 1 is 1.07 bits per heavy atom. The van der Waals surface area contributed by atoms with E-state index in [0.29, 0.717) is 0 Å². The maximum atomic E-state index is 6.15. The number of ether oxygens (including phenoxy) is 1. The summed E-state index contributed by atoms with van der Waals surface area (Å²) < 4.78 is 4.36. The van der Waals surface area contributed by atoms with Crippen LogP contribution < -0.4 is 0 Å². The maximum Gasteiger partial charge on any atom is 0.171 e. The highest BCUT2D eigenvalue weighted by atomic mass is 35.5. The summed E-state index contributed by atoms with van der Waals surface area (Å²) in [7, 11) is 0. The molecule has 1 nitrogen and oxygen atoms in total. The zero-order chi connectivity index (χ0) is 11.5. The van der Waals surface area contributed by atoms with Crippen LogP contribution in [0.2, 0.25) is 0 Å². The molecule has 83 valence electrons. The standard InChI is InChI=1S/C12H15Cl2O/c1-11(2,3)15-9-12(13,14)10-7-5-4-6-8-10/h4-9H,1-3H3. The molecule has 1 aromatic rings. The highest BCUT2D eigenvalue weighted by Gasteiger charge is 2.29. The lowest BCUT2D eigenvalue weighted by atomic mass is 10.1. The fraction of sp³-hybridized carbons (Fsp3) is 0.417. The molecule has 0 N–H and O–H groups in total. The van der Waals surface area contributed by atoms with E-state index in [9.17, 15) is 0 Å². The molecule has 1 rings (SSSR count). The molecule has 1 radical (unpaired) electrons. The largest absolute Gasteiger partial charge is 0.366 e.